The molecule has 0 atom stereocenters. The summed E-state index contributed by atoms with van der Waals surface area (Å²) in [6.07, 6.45) is 0. The molecule has 0 aliphatic carbocycles. The monoisotopic (exact) mass is 113 g/mol. The van der Waals surface area contributed by atoms with Gasteiger partial charge in [-0.3, -0.25) is 4.79 Å². The second-order valence-electron chi connectivity index (χ2n) is 1.29. The first-order chi connectivity index (χ1) is 3.81. The molecule has 0 heterocycles. The van der Waals surface area contributed by atoms with Crippen LogP contribution in [-0.2, 0) is 0 Å². The molecule has 0 fully saturated rings. The molecule has 2 amide bonds. The van der Waals surface area contributed by atoms with Gasteiger partial charge in [0.05, 0.1) is 0 Å². The average Bonchev–Trinajstić information content (AvgIpc) is 1.68. The predicted octanol–water partition coefficient (Wildman–Crippen LogP) is -0.0272. The van der Waals surface area contributed by atoms with Crippen molar-refractivity contribution in [2.45, 2.75) is 13.7 Å². The molecular formula is C4H10BN2O. The Balaban J connectivity index is 3.06. The summed E-state index contributed by atoms with van der Waals surface area (Å²) in [6, 6.07) is -0.144. The fourth-order valence-electron chi connectivity index (χ4n) is 0.343. The van der Waals surface area contributed by atoms with Gasteiger partial charge in [0, 0.05) is 6.54 Å². The Kier molecular flexibility index (Phi) is 4.12. The number of nitrogens with one attached hydrogen (secondary N) is 2. The molecule has 2 N–H and O–H groups in total. The lowest BCUT2D eigenvalue weighted by Crippen LogP contribution is -2.36. The van der Waals surface area contributed by atoms with Crippen LogP contribution < -0.4 is 10.5 Å². The van der Waals surface area contributed by atoms with Gasteiger partial charge >= 0.3 is 6.03 Å². The molecule has 0 saturated carbocycles. The van der Waals surface area contributed by atoms with Crippen LogP contribution in [0.5, 0.6) is 0 Å². The molecular weight excluding hydrogens is 103 g/mol. The molecule has 1 radical (unpaired) electrons. The lowest BCUT2D eigenvalue weighted by Gasteiger charge is -1.99. The summed E-state index contributed by atoms with van der Waals surface area (Å²) in [5.74, 6) is 0. The molecule has 4 heteroatoms. The number of amides is 2. The Morgan fingerprint density at radius 1 is 1.75 bits per heavy atom. The molecule has 3 nitrogen and oxygen atoms in total. The quantitative estimate of drug-likeness (QED) is 0.485. The Bertz CT molecular complexity index is 68.4. The number of carbonyl (C=O) groups is 1. The highest BCUT2D eigenvalue weighted by Crippen LogP contribution is 1.59. The lowest BCUT2D eigenvalue weighted by atomic mass is 10.0. The second kappa shape index (κ2) is 4.49. The second-order valence-corrected chi connectivity index (χ2v) is 1.29. The molecule has 0 bridgehead atoms. The molecule has 0 saturated heterocycles. The van der Waals surface area contributed by atoms with Crippen LogP contribution in [0.1, 0.15) is 6.92 Å². The highest BCUT2D eigenvalue weighted by molar-refractivity contribution is 6.35. The highest BCUT2D eigenvalue weighted by Gasteiger charge is 1.90. The van der Waals surface area contributed by atoms with Crippen LogP contribution in [0.4, 0.5) is 4.79 Å². The van der Waals surface area contributed by atoms with E-state index in [9.17, 15) is 4.79 Å². The van der Waals surface area contributed by atoms with E-state index in [-0.39, 0.29) is 6.03 Å². The maximum Gasteiger partial charge on any atom is 0.302 e. The Hall–Kier alpha value is -0.665. The van der Waals surface area contributed by atoms with Crippen molar-refractivity contribution in [1.29, 1.82) is 0 Å². The number of hydrogen-bond acceptors (Lipinski definition) is 1. The van der Waals surface area contributed by atoms with Crippen LogP contribution in [0.2, 0.25) is 6.82 Å². The predicted molar refractivity (Wildman–Crippen MR) is 33.8 cm³/mol. The fraction of sp³-hybridized carbons (Fsp3) is 0.750. The topological polar surface area (TPSA) is 41.1 Å². The molecule has 8 heavy (non-hydrogen) atoms. The van der Waals surface area contributed by atoms with Crippen LogP contribution in [0.15, 0.2) is 0 Å². The van der Waals surface area contributed by atoms with Crippen LogP contribution >= 0.6 is 0 Å². The first-order valence-electron chi connectivity index (χ1n) is 2.63. The summed E-state index contributed by atoms with van der Waals surface area (Å²) in [5.41, 5.74) is 0. The van der Waals surface area contributed by atoms with Crippen molar-refractivity contribution in [3.05, 3.63) is 0 Å². The zero-order valence-electron chi connectivity index (χ0n) is 5.19. The van der Waals surface area contributed by atoms with E-state index in [2.05, 4.69) is 10.5 Å². The van der Waals surface area contributed by atoms with Gasteiger partial charge < -0.3 is 10.5 Å². The van der Waals surface area contributed by atoms with Crippen molar-refractivity contribution in [3.8, 4) is 0 Å². The smallest absolute Gasteiger partial charge is 0.302 e. The number of urea groups is 1. The van der Waals surface area contributed by atoms with Gasteiger partial charge in [-0.25, -0.2) is 0 Å². The normalized spacial score (nSPS) is 7.75. The van der Waals surface area contributed by atoms with Crippen LogP contribution in [-0.4, -0.2) is 20.0 Å². The summed E-state index contributed by atoms with van der Waals surface area (Å²) in [7, 11) is 1.59. The zero-order valence-corrected chi connectivity index (χ0v) is 5.19. The van der Waals surface area contributed by atoms with Gasteiger partial charge in [0.1, 0.15) is 0 Å². The van der Waals surface area contributed by atoms with E-state index in [1.165, 1.54) is 0 Å². The van der Waals surface area contributed by atoms with Gasteiger partial charge in [-0.1, -0.05) is 6.82 Å². The van der Waals surface area contributed by atoms with Crippen LogP contribution in [0, 0.1) is 0 Å². The van der Waals surface area contributed by atoms with E-state index in [1.54, 1.807) is 14.2 Å². The SMILES string of the molecule is C[B]NC(=O)NCC. The minimum atomic E-state index is -0.144. The minimum absolute atomic E-state index is 0.144. The van der Waals surface area contributed by atoms with Gasteiger partial charge in [0.2, 0.25) is 7.41 Å². The fourth-order valence-corrected chi connectivity index (χ4v) is 0.343. The average molecular weight is 113 g/mol. The largest absolute Gasteiger partial charge is 0.386 e. The van der Waals surface area contributed by atoms with E-state index in [0.717, 1.165) is 0 Å². The summed E-state index contributed by atoms with van der Waals surface area (Å²) in [4.78, 5) is 10.4. The van der Waals surface area contributed by atoms with Crippen molar-refractivity contribution >= 4 is 13.4 Å². The van der Waals surface area contributed by atoms with Crippen molar-refractivity contribution in [2.75, 3.05) is 6.54 Å². The first kappa shape index (κ1) is 7.33. The van der Waals surface area contributed by atoms with Crippen molar-refractivity contribution in [3.63, 3.8) is 0 Å². The van der Waals surface area contributed by atoms with Gasteiger partial charge in [0.25, 0.3) is 0 Å². The van der Waals surface area contributed by atoms with Gasteiger partial charge in [0.15, 0.2) is 0 Å². The van der Waals surface area contributed by atoms with Crippen molar-refractivity contribution in [1.82, 2.24) is 10.5 Å². The number of hydrogen-bond donors (Lipinski definition) is 2. The van der Waals surface area contributed by atoms with E-state index < -0.39 is 0 Å². The highest BCUT2D eigenvalue weighted by atomic mass is 16.2. The summed E-state index contributed by atoms with van der Waals surface area (Å²) in [6.45, 7) is 4.30. The zero-order chi connectivity index (χ0) is 6.41. The van der Waals surface area contributed by atoms with Crippen LogP contribution in [0.25, 0.3) is 0 Å². The molecule has 0 aromatic rings. The lowest BCUT2D eigenvalue weighted by molar-refractivity contribution is 0.246. The van der Waals surface area contributed by atoms with E-state index in [1.807, 2.05) is 6.92 Å². The Morgan fingerprint density at radius 2 is 2.38 bits per heavy atom. The molecule has 0 rings (SSSR count). The van der Waals surface area contributed by atoms with Gasteiger partial charge in [-0.2, -0.15) is 0 Å². The molecule has 0 aliphatic rings. The molecule has 0 aromatic carbocycles. The third-order valence-corrected chi connectivity index (χ3v) is 0.613. The molecule has 0 aromatic heterocycles. The van der Waals surface area contributed by atoms with Crippen molar-refractivity contribution < 1.29 is 4.79 Å². The molecule has 0 unspecified atom stereocenters. The van der Waals surface area contributed by atoms with E-state index in [0.29, 0.717) is 6.54 Å². The number of rotatable bonds is 2. The standard InChI is InChI=1S/C4H10BN2O/c1-3-6-4(8)7-5-2/h3H2,1-2H3,(H2,6,7,8). The Labute approximate surface area is 50.1 Å². The Morgan fingerprint density at radius 3 is 2.75 bits per heavy atom. The summed E-state index contributed by atoms with van der Waals surface area (Å²) < 4.78 is 0. The van der Waals surface area contributed by atoms with Crippen molar-refractivity contribution in [2.24, 2.45) is 0 Å². The summed E-state index contributed by atoms with van der Waals surface area (Å²) in [5, 5.41) is 5.04. The third kappa shape index (κ3) is 3.52. The minimum Gasteiger partial charge on any atom is -0.386 e. The van der Waals surface area contributed by atoms with Gasteiger partial charge in [-0.05, 0) is 6.92 Å². The van der Waals surface area contributed by atoms with E-state index in [4.69, 9.17) is 0 Å². The summed E-state index contributed by atoms with van der Waals surface area (Å²) >= 11 is 0. The van der Waals surface area contributed by atoms with Crippen LogP contribution in [0.3, 0.4) is 0 Å². The van der Waals surface area contributed by atoms with Gasteiger partial charge in [-0.15, -0.1) is 0 Å². The molecule has 0 aliphatic heterocycles. The maximum atomic E-state index is 10.4. The third-order valence-electron chi connectivity index (χ3n) is 0.613. The first-order valence-corrected chi connectivity index (χ1v) is 2.63. The van der Waals surface area contributed by atoms with E-state index >= 15 is 0 Å². The molecule has 45 valence electrons. The maximum absolute atomic E-state index is 10.4. The molecule has 0 spiro atoms. The number of carbonyl (C=O) groups excluding carboxylic acids is 1.